The average Bonchev–Trinajstić information content (AvgIpc) is 2.72. The molecule has 2 aromatic heterocycles. The first-order valence-electron chi connectivity index (χ1n) is 5.76. The van der Waals surface area contributed by atoms with Crippen molar-refractivity contribution in [1.82, 2.24) is 9.38 Å². The molecule has 3 nitrogen and oxygen atoms in total. The van der Waals surface area contributed by atoms with Crippen LogP contribution >= 0.6 is 11.6 Å². The predicted octanol–water partition coefficient (Wildman–Crippen LogP) is 3.68. The molecule has 0 atom stereocenters. The molecule has 0 saturated carbocycles. The van der Waals surface area contributed by atoms with Gasteiger partial charge in [-0.15, -0.1) is 0 Å². The number of benzene rings is 1. The van der Waals surface area contributed by atoms with Gasteiger partial charge in [0.25, 0.3) is 0 Å². The fourth-order valence-electron chi connectivity index (χ4n) is 2.10. The zero-order valence-electron chi connectivity index (χ0n) is 10.2. The molecule has 3 aromatic rings. The van der Waals surface area contributed by atoms with Crippen LogP contribution in [0.1, 0.15) is 5.56 Å². The Hall–Kier alpha value is -2.07. The summed E-state index contributed by atoms with van der Waals surface area (Å²) >= 11 is 5.91. The fourth-order valence-corrected chi connectivity index (χ4v) is 2.27. The number of fused-ring (bicyclic) bond motifs is 1. The number of hydrogen-bond donors (Lipinski definition) is 1. The summed E-state index contributed by atoms with van der Waals surface area (Å²) in [5.41, 5.74) is 8.47. The number of halogens is 2. The molecule has 2 N–H and O–H groups in total. The molecule has 0 fully saturated rings. The van der Waals surface area contributed by atoms with E-state index in [0.717, 1.165) is 11.2 Å². The van der Waals surface area contributed by atoms with E-state index in [-0.39, 0.29) is 0 Å². The van der Waals surface area contributed by atoms with E-state index in [1.165, 1.54) is 18.2 Å². The van der Waals surface area contributed by atoms with E-state index < -0.39 is 5.82 Å². The smallest absolute Gasteiger partial charge is 0.142 e. The van der Waals surface area contributed by atoms with Crippen molar-refractivity contribution < 1.29 is 4.39 Å². The fraction of sp³-hybridized carbons (Fsp3) is 0.0714. The van der Waals surface area contributed by atoms with Gasteiger partial charge in [0, 0.05) is 16.8 Å². The van der Waals surface area contributed by atoms with Crippen molar-refractivity contribution in [2.75, 3.05) is 5.73 Å². The maximum atomic E-state index is 13.9. The summed E-state index contributed by atoms with van der Waals surface area (Å²) in [5, 5.41) is 0.449. The van der Waals surface area contributed by atoms with Crippen molar-refractivity contribution in [3.8, 4) is 11.3 Å². The molecule has 0 amide bonds. The van der Waals surface area contributed by atoms with E-state index in [9.17, 15) is 4.39 Å². The second-order valence-corrected chi connectivity index (χ2v) is 4.79. The first-order chi connectivity index (χ1) is 9.08. The van der Waals surface area contributed by atoms with Crippen molar-refractivity contribution in [3.63, 3.8) is 0 Å². The van der Waals surface area contributed by atoms with E-state index in [4.69, 9.17) is 17.3 Å². The molecular formula is C14H11ClFN3. The number of imidazole rings is 1. The van der Waals surface area contributed by atoms with Gasteiger partial charge in [0.2, 0.25) is 0 Å². The lowest BCUT2D eigenvalue weighted by molar-refractivity contribution is 0.631. The quantitative estimate of drug-likeness (QED) is 0.736. The van der Waals surface area contributed by atoms with Gasteiger partial charge in [0.1, 0.15) is 23.0 Å². The van der Waals surface area contributed by atoms with Crippen molar-refractivity contribution in [1.29, 1.82) is 0 Å². The van der Waals surface area contributed by atoms with Crippen molar-refractivity contribution in [2.45, 2.75) is 6.92 Å². The van der Waals surface area contributed by atoms with E-state index in [1.54, 1.807) is 10.6 Å². The summed E-state index contributed by atoms with van der Waals surface area (Å²) < 4.78 is 15.6. The van der Waals surface area contributed by atoms with Crippen LogP contribution in [0.5, 0.6) is 0 Å². The van der Waals surface area contributed by atoms with Gasteiger partial charge < -0.3 is 5.73 Å². The molecule has 0 unspecified atom stereocenters. The van der Waals surface area contributed by atoms with Crippen LogP contribution < -0.4 is 5.73 Å². The lowest BCUT2D eigenvalue weighted by Crippen LogP contribution is -1.95. The molecule has 19 heavy (non-hydrogen) atoms. The van der Waals surface area contributed by atoms with Gasteiger partial charge in [0.15, 0.2) is 0 Å². The largest absolute Gasteiger partial charge is 0.383 e. The maximum absolute atomic E-state index is 13.9. The van der Waals surface area contributed by atoms with Gasteiger partial charge in [-0.05, 0) is 36.8 Å². The molecule has 1 aromatic carbocycles. The minimum Gasteiger partial charge on any atom is -0.383 e. The molecule has 96 valence electrons. The Labute approximate surface area is 114 Å². The minimum absolute atomic E-state index is 0.313. The predicted molar refractivity (Wildman–Crippen MR) is 74.7 cm³/mol. The lowest BCUT2D eigenvalue weighted by Gasteiger charge is -2.02. The highest BCUT2D eigenvalue weighted by molar-refractivity contribution is 6.30. The Bertz CT molecular complexity index is 780. The molecule has 5 heteroatoms. The summed E-state index contributed by atoms with van der Waals surface area (Å²) in [4.78, 5) is 4.42. The zero-order valence-corrected chi connectivity index (χ0v) is 10.9. The van der Waals surface area contributed by atoms with E-state index >= 15 is 0 Å². The van der Waals surface area contributed by atoms with Gasteiger partial charge in [-0.1, -0.05) is 17.7 Å². The Morgan fingerprint density at radius 2 is 2.11 bits per heavy atom. The minimum atomic E-state index is -0.392. The van der Waals surface area contributed by atoms with Crippen LogP contribution in [0.15, 0.2) is 36.5 Å². The van der Waals surface area contributed by atoms with E-state index in [2.05, 4.69) is 4.98 Å². The molecule has 0 aliphatic heterocycles. The van der Waals surface area contributed by atoms with Crippen molar-refractivity contribution in [3.05, 3.63) is 52.9 Å². The number of anilines is 1. The van der Waals surface area contributed by atoms with Crippen LogP contribution in [0, 0.1) is 12.7 Å². The number of aromatic nitrogens is 2. The van der Waals surface area contributed by atoms with Crippen LogP contribution in [0.4, 0.5) is 10.2 Å². The standard InChI is InChI=1S/C14H11ClFN3/c1-8-3-2-6-19-13(17)12(18-14(8)19)10-7-9(15)4-5-11(10)16/h2-7H,17H2,1H3. The molecule has 0 saturated heterocycles. The van der Waals surface area contributed by atoms with Crippen molar-refractivity contribution >= 4 is 23.1 Å². The Kier molecular flexibility index (Phi) is 2.68. The van der Waals surface area contributed by atoms with E-state index in [0.29, 0.717) is 22.1 Å². The first-order valence-corrected chi connectivity index (χ1v) is 6.14. The number of nitrogens with zero attached hydrogens (tertiary/aromatic N) is 2. The Morgan fingerprint density at radius 1 is 1.32 bits per heavy atom. The molecule has 0 aliphatic rings. The zero-order chi connectivity index (χ0) is 13.6. The van der Waals surface area contributed by atoms with Gasteiger partial charge >= 0.3 is 0 Å². The number of rotatable bonds is 1. The molecule has 3 rings (SSSR count). The third kappa shape index (κ3) is 1.85. The Balaban J connectivity index is 2.34. The number of nitrogens with two attached hydrogens (primary N) is 1. The highest BCUT2D eigenvalue weighted by atomic mass is 35.5. The highest BCUT2D eigenvalue weighted by Gasteiger charge is 2.16. The topological polar surface area (TPSA) is 43.3 Å². The average molecular weight is 276 g/mol. The number of nitrogen functional groups attached to an aromatic ring is 1. The third-order valence-electron chi connectivity index (χ3n) is 3.07. The maximum Gasteiger partial charge on any atom is 0.142 e. The second-order valence-electron chi connectivity index (χ2n) is 4.35. The summed E-state index contributed by atoms with van der Waals surface area (Å²) in [7, 11) is 0. The van der Waals surface area contributed by atoms with Crippen LogP contribution in [-0.2, 0) is 0 Å². The molecule has 0 radical (unpaired) electrons. The number of hydrogen-bond acceptors (Lipinski definition) is 2. The molecule has 0 aliphatic carbocycles. The summed E-state index contributed by atoms with van der Waals surface area (Å²) in [6.45, 7) is 1.93. The van der Waals surface area contributed by atoms with E-state index in [1.807, 2.05) is 19.1 Å². The first kappa shape index (κ1) is 12.0. The summed E-state index contributed by atoms with van der Waals surface area (Å²) in [6.07, 6.45) is 1.80. The van der Waals surface area contributed by atoms with Crippen molar-refractivity contribution in [2.24, 2.45) is 0 Å². The van der Waals surface area contributed by atoms with Gasteiger partial charge in [-0.2, -0.15) is 0 Å². The number of aryl methyl sites for hydroxylation is 1. The van der Waals surface area contributed by atoms with Crippen LogP contribution in [-0.4, -0.2) is 9.38 Å². The second kappa shape index (κ2) is 4.24. The van der Waals surface area contributed by atoms with Crippen LogP contribution in [0.25, 0.3) is 16.9 Å². The number of pyridine rings is 1. The summed E-state index contributed by atoms with van der Waals surface area (Å²) in [6, 6.07) is 8.15. The van der Waals surface area contributed by atoms with Gasteiger partial charge in [-0.3, -0.25) is 4.40 Å². The monoisotopic (exact) mass is 275 g/mol. The van der Waals surface area contributed by atoms with Crippen LogP contribution in [0.2, 0.25) is 5.02 Å². The highest BCUT2D eigenvalue weighted by Crippen LogP contribution is 2.31. The van der Waals surface area contributed by atoms with Gasteiger partial charge in [0.05, 0.1) is 0 Å². The summed E-state index contributed by atoms with van der Waals surface area (Å²) in [5.74, 6) is 0.0111. The molecule has 0 spiro atoms. The lowest BCUT2D eigenvalue weighted by atomic mass is 10.1. The van der Waals surface area contributed by atoms with Gasteiger partial charge in [-0.25, -0.2) is 9.37 Å². The third-order valence-corrected chi connectivity index (χ3v) is 3.30. The SMILES string of the molecule is Cc1cccn2c(N)c(-c3cc(Cl)ccc3F)nc12. The normalized spacial score (nSPS) is 11.1. The van der Waals surface area contributed by atoms with Crippen LogP contribution in [0.3, 0.4) is 0 Å². The molecular weight excluding hydrogens is 265 g/mol. The Morgan fingerprint density at radius 3 is 2.84 bits per heavy atom. The molecule has 0 bridgehead atoms. The molecule has 2 heterocycles.